The molecule has 5 heteroatoms. The van der Waals surface area contributed by atoms with Gasteiger partial charge < -0.3 is 19.6 Å². The van der Waals surface area contributed by atoms with E-state index in [0.717, 1.165) is 36.8 Å². The summed E-state index contributed by atoms with van der Waals surface area (Å²) in [6.07, 6.45) is 3.65. The maximum Gasteiger partial charge on any atom is 0.123 e. The monoisotopic (exact) mass is 416 g/mol. The molecule has 2 aromatic carbocycles. The van der Waals surface area contributed by atoms with Crippen LogP contribution in [0.25, 0.3) is 0 Å². The Bertz CT molecular complexity index is 738. The van der Waals surface area contributed by atoms with Gasteiger partial charge in [0, 0.05) is 36.8 Å². The molecule has 3 rings (SSSR count). The third-order valence-electron chi connectivity index (χ3n) is 5.56. The number of aliphatic hydroxyl groups excluding tert-OH is 1. The largest absolute Gasteiger partial charge is 0.491 e. The fourth-order valence-corrected chi connectivity index (χ4v) is 4.29. The number of benzene rings is 2. The Kier molecular flexibility index (Phi) is 8.81. The quantitative estimate of drug-likeness (QED) is 0.632. The summed E-state index contributed by atoms with van der Waals surface area (Å²) in [4.78, 5) is 5.00. The van der Waals surface area contributed by atoms with Crippen LogP contribution in [0.4, 0.5) is 0 Å². The topological polar surface area (TPSA) is 35.9 Å². The fraction of sp³-hybridized carbons (Fsp3) is 0.500. The molecule has 158 valence electrons. The van der Waals surface area contributed by atoms with E-state index in [-0.39, 0.29) is 6.61 Å². The number of likely N-dealkylation sites (tertiary alicyclic amines) is 1. The molecule has 1 fully saturated rings. The van der Waals surface area contributed by atoms with Crippen LogP contribution in [-0.4, -0.2) is 61.3 Å². The molecule has 2 aromatic rings. The van der Waals surface area contributed by atoms with E-state index < -0.39 is 0 Å². The summed E-state index contributed by atoms with van der Waals surface area (Å²) in [5.74, 6) is 1.58. The normalized spacial score (nSPS) is 17.6. The number of rotatable bonds is 10. The van der Waals surface area contributed by atoms with Crippen LogP contribution in [0.2, 0.25) is 5.02 Å². The Morgan fingerprint density at radius 3 is 2.76 bits per heavy atom. The second kappa shape index (κ2) is 11.6. The zero-order valence-electron chi connectivity index (χ0n) is 17.4. The summed E-state index contributed by atoms with van der Waals surface area (Å²) >= 11 is 5.99. The van der Waals surface area contributed by atoms with E-state index >= 15 is 0 Å². The summed E-state index contributed by atoms with van der Waals surface area (Å²) in [5.41, 5.74) is 2.53. The number of halogens is 1. The Morgan fingerprint density at radius 1 is 1.17 bits per heavy atom. The van der Waals surface area contributed by atoms with Crippen molar-refractivity contribution in [2.45, 2.75) is 25.8 Å². The van der Waals surface area contributed by atoms with E-state index in [4.69, 9.17) is 21.4 Å². The lowest BCUT2D eigenvalue weighted by atomic mass is 9.97. The van der Waals surface area contributed by atoms with Crippen LogP contribution in [0.1, 0.15) is 24.0 Å². The van der Waals surface area contributed by atoms with E-state index in [1.165, 1.54) is 37.1 Å². The van der Waals surface area contributed by atoms with Crippen molar-refractivity contribution in [1.29, 1.82) is 0 Å². The van der Waals surface area contributed by atoms with Crippen LogP contribution in [-0.2, 0) is 13.0 Å². The first-order chi connectivity index (χ1) is 14.1. The molecule has 4 nitrogen and oxygen atoms in total. The molecule has 0 spiro atoms. The minimum atomic E-state index is 0.0398. The SMILES string of the molecule is CN(Cc1ccccc1OCCO)C[C@H]1CCCN(CCc2ccc(Cl)cc2)C1. The second-order valence-electron chi connectivity index (χ2n) is 8.06. The molecular formula is C24H33ClN2O2. The van der Waals surface area contributed by atoms with Crippen LogP contribution in [0, 0.1) is 5.92 Å². The molecule has 0 radical (unpaired) electrons. The van der Waals surface area contributed by atoms with Gasteiger partial charge in [-0.2, -0.15) is 0 Å². The van der Waals surface area contributed by atoms with Gasteiger partial charge in [0.2, 0.25) is 0 Å². The van der Waals surface area contributed by atoms with E-state index in [0.29, 0.717) is 12.5 Å². The van der Waals surface area contributed by atoms with Gasteiger partial charge in [-0.15, -0.1) is 0 Å². The summed E-state index contributed by atoms with van der Waals surface area (Å²) in [7, 11) is 2.19. The Labute approximate surface area is 180 Å². The van der Waals surface area contributed by atoms with Gasteiger partial charge in [0.1, 0.15) is 12.4 Å². The zero-order valence-corrected chi connectivity index (χ0v) is 18.2. The molecule has 1 aliphatic rings. The lowest BCUT2D eigenvalue weighted by Gasteiger charge is -2.35. The van der Waals surface area contributed by atoms with Gasteiger partial charge >= 0.3 is 0 Å². The molecule has 1 aliphatic heterocycles. The minimum Gasteiger partial charge on any atom is -0.491 e. The van der Waals surface area contributed by atoms with Gasteiger partial charge in [-0.25, -0.2) is 0 Å². The van der Waals surface area contributed by atoms with Crippen LogP contribution < -0.4 is 4.74 Å². The number of para-hydroxylation sites is 1. The van der Waals surface area contributed by atoms with Crippen molar-refractivity contribution in [3.05, 3.63) is 64.7 Å². The van der Waals surface area contributed by atoms with Crippen molar-refractivity contribution in [2.75, 3.05) is 46.4 Å². The molecule has 1 atom stereocenters. The van der Waals surface area contributed by atoms with Gasteiger partial charge in [-0.1, -0.05) is 41.9 Å². The predicted molar refractivity (Wildman–Crippen MR) is 120 cm³/mol. The number of ether oxygens (including phenoxy) is 1. The average molecular weight is 417 g/mol. The van der Waals surface area contributed by atoms with Gasteiger partial charge in [-0.3, -0.25) is 0 Å². The summed E-state index contributed by atoms with van der Waals surface area (Å²) < 4.78 is 5.68. The van der Waals surface area contributed by atoms with Crippen molar-refractivity contribution in [1.82, 2.24) is 9.80 Å². The highest BCUT2D eigenvalue weighted by Gasteiger charge is 2.21. The van der Waals surface area contributed by atoms with Crippen molar-refractivity contribution in [2.24, 2.45) is 5.92 Å². The van der Waals surface area contributed by atoms with Crippen LogP contribution in [0.3, 0.4) is 0 Å². The molecular weight excluding hydrogens is 384 g/mol. The molecule has 0 aromatic heterocycles. The lowest BCUT2D eigenvalue weighted by molar-refractivity contribution is 0.141. The van der Waals surface area contributed by atoms with Crippen molar-refractivity contribution < 1.29 is 9.84 Å². The van der Waals surface area contributed by atoms with E-state index in [9.17, 15) is 0 Å². The van der Waals surface area contributed by atoms with E-state index in [1.807, 2.05) is 30.3 Å². The third kappa shape index (κ3) is 7.31. The summed E-state index contributed by atoms with van der Waals surface area (Å²) in [6, 6.07) is 16.4. The maximum absolute atomic E-state index is 9.02. The van der Waals surface area contributed by atoms with E-state index in [1.54, 1.807) is 0 Å². The van der Waals surface area contributed by atoms with Crippen LogP contribution >= 0.6 is 11.6 Å². The molecule has 0 bridgehead atoms. The van der Waals surface area contributed by atoms with Crippen molar-refractivity contribution in [3.8, 4) is 5.75 Å². The van der Waals surface area contributed by atoms with Gasteiger partial charge in [0.15, 0.2) is 0 Å². The second-order valence-corrected chi connectivity index (χ2v) is 8.50. The Balaban J connectivity index is 1.46. The summed E-state index contributed by atoms with van der Waals surface area (Å²) in [6.45, 7) is 5.81. The van der Waals surface area contributed by atoms with Crippen LogP contribution in [0.15, 0.2) is 48.5 Å². The zero-order chi connectivity index (χ0) is 20.5. The fourth-order valence-electron chi connectivity index (χ4n) is 4.17. The number of aliphatic hydroxyl groups is 1. The molecule has 1 heterocycles. The molecule has 1 N–H and O–H groups in total. The van der Waals surface area contributed by atoms with Crippen LogP contribution in [0.5, 0.6) is 5.75 Å². The first kappa shape index (κ1) is 22.1. The third-order valence-corrected chi connectivity index (χ3v) is 5.82. The number of hydrogen-bond acceptors (Lipinski definition) is 4. The lowest BCUT2D eigenvalue weighted by Crippen LogP contribution is -2.40. The highest BCUT2D eigenvalue weighted by atomic mass is 35.5. The summed E-state index contributed by atoms with van der Waals surface area (Å²) in [5, 5.41) is 9.83. The molecule has 1 saturated heterocycles. The number of hydrogen-bond donors (Lipinski definition) is 1. The molecule has 0 saturated carbocycles. The average Bonchev–Trinajstić information content (AvgIpc) is 2.73. The number of nitrogens with zero attached hydrogens (tertiary/aromatic N) is 2. The molecule has 0 aliphatic carbocycles. The van der Waals surface area contributed by atoms with Gasteiger partial charge in [0.05, 0.1) is 6.61 Å². The first-order valence-electron chi connectivity index (χ1n) is 10.6. The Morgan fingerprint density at radius 2 is 1.97 bits per heavy atom. The van der Waals surface area contributed by atoms with Gasteiger partial charge in [-0.05, 0) is 62.5 Å². The molecule has 0 amide bonds. The minimum absolute atomic E-state index is 0.0398. The van der Waals surface area contributed by atoms with Gasteiger partial charge in [0.25, 0.3) is 0 Å². The standard InChI is InChI=1S/C24H33ClN2O2/c1-26(19-22-6-2-3-7-24(22)29-16-15-28)17-21-5-4-13-27(18-21)14-12-20-8-10-23(25)11-9-20/h2-3,6-11,21,28H,4-5,12-19H2,1H3/t21-/m1/s1. The Hall–Kier alpha value is -1.59. The molecule has 0 unspecified atom stereocenters. The molecule has 29 heavy (non-hydrogen) atoms. The predicted octanol–water partition coefficient (Wildman–Crippen LogP) is 4.10. The van der Waals surface area contributed by atoms with Crippen molar-refractivity contribution in [3.63, 3.8) is 0 Å². The van der Waals surface area contributed by atoms with E-state index in [2.05, 4.69) is 35.0 Å². The first-order valence-corrected chi connectivity index (χ1v) is 11.0. The number of piperidine rings is 1. The van der Waals surface area contributed by atoms with Crippen molar-refractivity contribution >= 4 is 11.6 Å². The highest BCUT2D eigenvalue weighted by molar-refractivity contribution is 6.30. The highest BCUT2D eigenvalue weighted by Crippen LogP contribution is 2.22. The maximum atomic E-state index is 9.02. The smallest absolute Gasteiger partial charge is 0.123 e.